The summed E-state index contributed by atoms with van der Waals surface area (Å²) in [6.07, 6.45) is 3.47. The maximum atomic E-state index is 11.8. The van der Waals surface area contributed by atoms with Crippen LogP contribution in [0.25, 0.3) is 0 Å². The molecule has 0 aliphatic heterocycles. The Morgan fingerprint density at radius 1 is 1.41 bits per heavy atom. The standard InChI is InChI=1S/C13H19NOS2/c1-3-11(9-17-2)14-13(15)8-10-4-6-12(16)7-5-10/h4-7,11,16H,3,8-9H2,1-2H3,(H,14,15). The van der Waals surface area contributed by atoms with Crippen molar-refractivity contribution in [3.8, 4) is 0 Å². The largest absolute Gasteiger partial charge is 0.352 e. The average molecular weight is 269 g/mol. The SMILES string of the molecule is CCC(CSC)NC(=O)Cc1ccc(S)cc1. The van der Waals surface area contributed by atoms with Gasteiger partial charge in [0.2, 0.25) is 5.91 Å². The minimum Gasteiger partial charge on any atom is -0.352 e. The smallest absolute Gasteiger partial charge is 0.224 e. The van der Waals surface area contributed by atoms with Gasteiger partial charge in [0.25, 0.3) is 0 Å². The van der Waals surface area contributed by atoms with Crippen molar-refractivity contribution in [2.75, 3.05) is 12.0 Å². The van der Waals surface area contributed by atoms with Crippen molar-refractivity contribution in [1.29, 1.82) is 0 Å². The summed E-state index contributed by atoms with van der Waals surface area (Å²) in [5.41, 5.74) is 1.03. The van der Waals surface area contributed by atoms with E-state index in [1.165, 1.54) is 0 Å². The van der Waals surface area contributed by atoms with Crippen LogP contribution in [0.15, 0.2) is 29.2 Å². The van der Waals surface area contributed by atoms with Crippen molar-refractivity contribution < 1.29 is 4.79 Å². The number of amides is 1. The zero-order valence-corrected chi connectivity index (χ0v) is 12.0. The van der Waals surface area contributed by atoms with Crippen molar-refractivity contribution in [3.63, 3.8) is 0 Å². The van der Waals surface area contributed by atoms with Gasteiger partial charge in [0, 0.05) is 16.7 Å². The van der Waals surface area contributed by atoms with Gasteiger partial charge >= 0.3 is 0 Å². The zero-order valence-electron chi connectivity index (χ0n) is 10.3. The fourth-order valence-electron chi connectivity index (χ4n) is 1.54. The first kappa shape index (κ1) is 14.5. The second kappa shape index (κ2) is 7.67. The zero-order chi connectivity index (χ0) is 12.7. The number of hydrogen-bond acceptors (Lipinski definition) is 3. The van der Waals surface area contributed by atoms with Gasteiger partial charge in [-0.15, -0.1) is 12.6 Å². The Morgan fingerprint density at radius 2 is 2.06 bits per heavy atom. The second-order valence-electron chi connectivity index (χ2n) is 3.97. The third kappa shape index (κ3) is 5.50. The Kier molecular flexibility index (Phi) is 6.52. The molecule has 1 amide bonds. The molecule has 0 aliphatic carbocycles. The second-order valence-corrected chi connectivity index (χ2v) is 5.40. The molecule has 0 bridgehead atoms. The van der Waals surface area contributed by atoms with Crippen LogP contribution in [0.5, 0.6) is 0 Å². The molecule has 0 aromatic heterocycles. The Hall–Kier alpha value is -0.610. The van der Waals surface area contributed by atoms with Gasteiger partial charge in [-0.2, -0.15) is 11.8 Å². The van der Waals surface area contributed by atoms with Crippen LogP contribution in [0.1, 0.15) is 18.9 Å². The fraction of sp³-hybridized carbons (Fsp3) is 0.462. The maximum absolute atomic E-state index is 11.8. The lowest BCUT2D eigenvalue weighted by Crippen LogP contribution is -2.37. The van der Waals surface area contributed by atoms with E-state index in [2.05, 4.69) is 31.1 Å². The van der Waals surface area contributed by atoms with E-state index in [0.29, 0.717) is 6.42 Å². The lowest BCUT2D eigenvalue weighted by molar-refractivity contribution is -0.121. The highest BCUT2D eigenvalue weighted by atomic mass is 32.2. The molecule has 1 unspecified atom stereocenters. The molecule has 17 heavy (non-hydrogen) atoms. The van der Waals surface area contributed by atoms with E-state index in [0.717, 1.165) is 22.6 Å². The van der Waals surface area contributed by atoms with Crippen molar-refractivity contribution >= 4 is 30.3 Å². The molecule has 4 heteroatoms. The molecule has 94 valence electrons. The number of thiol groups is 1. The van der Waals surface area contributed by atoms with E-state index in [-0.39, 0.29) is 11.9 Å². The summed E-state index contributed by atoms with van der Waals surface area (Å²) in [6, 6.07) is 7.98. The summed E-state index contributed by atoms with van der Waals surface area (Å²) in [6.45, 7) is 2.09. The third-order valence-corrected chi connectivity index (χ3v) is 3.56. The summed E-state index contributed by atoms with van der Waals surface area (Å²) in [4.78, 5) is 12.7. The van der Waals surface area contributed by atoms with Crippen molar-refractivity contribution in [1.82, 2.24) is 5.32 Å². The minimum atomic E-state index is 0.0952. The van der Waals surface area contributed by atoms with E-state index in [9.17, 15) is 4.79 Å². The molecule has 0 saturated heterocycles. The van der Waals surface area contributed by atoms with Crippen LogP contribution < -0.4 is 5.32 Å². The van der Waals surface area contributed by atoms with Crippen molar-refractivity contribution in [2.45, 2.75) is 30.7 Å². The van der Waals surface area contributed by atoms with Gasteiger partial charge in [0.15, 0.2) is 0 Å². The first-order valence-corrected chi connectivity index (χ1v) is 7.56. The van der Waals surface area contributed by atoms with Gasteiger partial charge in [0.05, 0.1) is 6.42 Å². The van der Waals surface area contributed by atoms with Gasteiger partial charge in [-0.25, -0.2) is 0 Å². The number of benzene rings is 1. The maximum Gasteiger partial charge on any atom is 0.224 e. The van der Waals surface area contributed by atoms with Gasteiger partial charge in [-0.1, -0.05) is 19.1 Å². The first-order chi connectivity index (χ1) is 8.15. The number of carbonyl (C=O) groups is 1. The van der Waals surface area contributed by atoms with Crippen LogP contribution in [0, 0.1) is 0 Å². The predicted molar refractivity (Wildman–Crippen MR) is 78.0 cm³/mol. The number of hydrogen-bond donors (Lipinski definition) is 2. The molecular weight excluding hydrogens is 250 g/mol. The molecule has 0 saturated carbocycles. The van der Waals surface area contributed by atoms with E-state index < -0.39 is 0 Å². The van der Waals surface area contributed by atoms with Gasteiger partial charge in [-0.3, -0.25) is 4.79 Å². The van der Waals surface area contributed by atoms with Crippen LogP contribution in [-0.4, -0.2) is 24.0 Å². The lowest BCUT2D eigenvalue weighted by atomic mass is 10.1. The predicted octanol–water partition coefficient (Wildman–Crippen LogP) is 2.78. The number of thioether (sulfide) groups is 1. The van der Waals surface area contributed by atoms with E-state index in [1.54, 1.807) is 11.8 Å². The van der Waals surface area contributed by atoms with Gasteiger partial charge in [-0.05, 0) is 30.4 Å². The Bertz CT molecular complexity index is 351. The highest BCUT2D eigenvalue weighted by molar-refractivity contribution is 7.98. The summed E-state index contributed by atoms with van der Waals surface area (Å²) < 4.78 is 0. The van der Waals surface area contributed by atoms with Gasteiger partial charge in [0.1, 0.15) is 0 Å². The number of rotatable bonds is 6. The van der Waals surface area contributed by atoms with Crippen LogP contribution in [-0.2, 0) is 11.2 Å². The first-order valence-electron chi connectivity index (χ1n) is 5.72. The Balaban J connectivity index is 2.46. The monoisotopic (exact) mass is 269 g/mol. The van der Waals surface area contributed by atoms with Gasteiger partial charge < -0.3 is 5.32 Å². The highest BCUT2D eigenvalue weighted by Gasteiger charge is 2.09. The summed E-state index contributed by atoms with van der Waals surface area (Å²) >= 11 is 5.98. The number of carbonyl (C=O) groups excluding carboxylic acids is 1. The quantitative estimate of drug-likeness (QED) is 0.778. The fourth-order valence-corrected chi connectivity index (χ4v) is 2.41. The van der Waals surface area contributed by atoms with Crippen LogP contribution in [0.4, 0.5) is 0 Å². The Labute approximate surface area is 113 Å². The Morgan fingerprint density at radius 3 is 2.59 bits per heavy atom. The third-order valence-electron chi connectivity index (χ3n) is 2.53. The molecular formula is C13H19NOS2. The molecule has 1 aromatic carbocycles. The van der Waals surface area contributed by atoms with E-state index in [4.69, 9.17) is 0 Å². The van der Waals surface area contributed by atoms with Crippen molar-refractivity contribution in [3.05, 3.63) is 29.8 Å². The van der Waals surface area contributed by atoms with Crippen LogP contribution in [0.3, 0.4) is 0 Å². The molecule has 2 nitrogen and oxygen atoms in total. The summed E-state index contributed by atoms with van der Waals surface area (Å²) in [5, 5.41) is 3.05. The molecule has 0 heterocycles. The molecule has 0 radical (unpaired) electrons. The average Bonchev–Trinajstić information content (AvgIpc) is 2.31. The summed E-state index contributed by atoms with van der Waals surface area (Å²) in [7, 11) is 0. The molecule has 0 spiro atoms. The molecule has 0 fully saturated rings. The normalized spacial score (nSPS) is 12.2. The van der Waals surface area contributed by atoms with Crippen LogP contribution in [0.2, 0.25) is 0 Å². The molecule has 1 N–H and O–H groups in total. The minimum absolute atomic E-state index is 0.0952. The molecule has 1 aromatic rings. The van der Waals surface area contributed by atoms with E-state index >= 15 is 0 Å². The molecule has 1 rings (SSSR count). The van der Waals surface area contributed by atoms with Crippen LogP contribution >= 0.6 is 24.4 Å². The van der Waals surface area contributed by atoms with Crippen molar-refractivity contribution in [2.24, 2.45) is 0 Å². The number of nitrogens with one attached hydrogen (secondary N) is 1. The van der Waals surface area contributed by atoms with E-state index in [1.807, 2.05) is 24.3 Å². The molecule has 1 atom stereocenters. The highest BCUT2D eigenvalue weighted by Crippen LogP contribution is 2.08. The summed E-state index contributed by atoms with van der Waals surface area (Å²) in [5.74, 6) is 1.07. The molecule has 0 aliphatic rings. The lowest BCUT2D eigenvalue weighted by Gasteiger charge is -2.15. The topological polar surface area (TPSA) is 29.1 Å².